The molecule has 0 aliphatic carbocycles. The third kappa shape index (κ3) is 4.90. The normalized spacial score (nSPS) is 14.7. The van der Waals surface area contributed by atoms with E-state index in [1.54, 1.807) is 37.7 Å². The molecule has 1 saturated heterocycles. The van der Waals surface area contributed by atoms with Gasteiger partial charge in [0.2, 0.25) is 0 Å². The maximum atomic E-state index is 13.1. The Kier molecular flexibility index (Phi) is 6.50. The van der Waals surface area contributed by atoms with Crippen LogP contribution in [0.15, 0.2) is 90.1 Å². The molecule has 0 saturated carbocycles. The Bertz CT molecular complexity index is 1430. The SMILES string of the molecule is COc1cc(/C=C2/SC(=O)N(Cc3cccc4ccccc34)C2=O)ccc1OCc1ccncc1. The van der Waals surface area contributed by atoms with Crippen molar-refractivity contribution in [3.05, 3.63) is 107 Å². The predicted octanol–water partition coefficient (Wildman–Crippen LogP) is 6.06. The molecule has 174 valence electrons. The van der Waals surface area contributed by atoms with E-state index < -0.39 is 0 Å². The molecule has 0 N–H and O–H groups in total. The molecule has 0 bridgehead atoms. The molecule has 3 aromatic carbocycles. The van der Waals surface area contributed by atoms with Crippen molar-refractivity contribution in [1.82, 2.24) is 9.88 Å². The number of rotatable bonds is 7. The van der Waals surface area contributed by atoms with Crippen molar-refractivity contribution >= 4 is 39.8 Å². The zero-order valence-corrected chi connectivity index (χ0v) is 19.8. The number of carbonyl (C=O) groups excluding carboxylic acids is 2. The van der Waals surface area contributed by atoms with Crippen LogP contribution in [0.5, 0.6) is 11.5 Å². The molecule has 5 rings (SSSR count). The van der Waals surface area contributed by atoms with Gasteiger partial charge >= 0.3 is 0 Å². The van der Waals surface area contributed by atoms with Crippen molar-refractivity contribution in [2.24, 2.45) is 0 Å². The number of imide groups is 1. The van der Waals surface area contributed by atoms with Gasteiger partial charge in [0, 0.05) is 12.4 Å². The summed E-state index contributed by atoms with van der Waals surface area (Å²) >= 11 is 0.947. The van der Waals surface area contributed by atoms with E-state index in [1.807, 2.05) is 60.7 Å². The van der Waals surface area contributed by atoms with Crippen LogP contribution in [0.3, 0.4) is 0 Å². The minimum absolute atomic E-state index is 0.231. The van der Waals surface area contributed by atoms with Gasteiger partial charge in [0.15, 0.2) is 11.5 Å². The Balaban J connectivity index is 1.34. The number of pyridine rings is 1. The van der Waals surface area contributed by atoms with Gasteiger partial charge < -0.3 is 9.47 Å². The molecule has 0 spiro atoms. The van der Waals surface area contributed by atoms with Crippen molar-refractivity contribution in [2.45, 2.75) is 13.2 Å². The number of nitrogens with zero attached hydrogens (tertiary/aromatic N) is 2. The number of thioether (sulfide) groups is 1. The molecular weight excluding hydrogens is 460 g/mol. The summed E-state index contributed by atoms with van der Waals surface area (Å²) in [4.78, 5) is 31.5. The van der Waals surface area contributed by atoms with Gasteiger partial charge in [-0.2, -0.15) is 0 Å². The summed E-state index contributed by atoms with van der Waals surface area (Å²) < 4.78 is 11.4. The Labute approximate surface area is 207 Å². The minimum atomic E-state index is -0.301. The van der Waals surface area contributed by atoms with E-state index in [9.17, 15) is 9.59 Å². The van der Waals surface area contributed by atoms with Crippen LogP contribution in [0, 0.1) is 0 Å². The largest absolute Gasteiger partial charge is 0.493 e. The van der Waals surface area contributed by atoms with Gasteiger partial charge in [-0.1, -0.05) is 48.5 Å². The highest BCUT2D eigenvalue weighted by molar-refractivity contribution is 8.18. The maximum absolute atomic E-state index is 13.1. The number of aromatic nitrogens is 1. The molecule has 0 unspecified atom stereocenters. The van der Waals surface area contributed by atoms with Crippen molar-refractivity contribution in [3.63, 3.8) is 0 Å². The standard InChI is InChI=1S/C28H22N2O4S/c1-33-25-15-20(9-10-24(25)34-18-19-11-13-29-14-12-19)16-26-27(31)30(28(32)35-26)17-22-7-4-6-21-5-2-3-8-23(21)22/h2-16H,17-18H2,1H3/b26-16+. The smallest absolute Gasteiger partial charge is 0.293 e. The average molecular weight is 483 g/mol. The molecule has 2 heterocycles. The Morgan fingerprint density at radius 1 is 0.943 bits per heavy atom. The molecule has 0 radical (unpaired) electrons. The number of amides is 2. The van der Waals surface area contributed by atoms with Crippen LogP contribution in [-0.2, 0) is 17.9 Å². The number of hydrogen-bond donors (Lipinski definition) is 0. The molecule has 0 atom stereocenters. The lowest BCUT2D eigenvalue weighted by Crippen LogP contribution is -2.27. The van der Waals surface area contributed by atoms with E-state index in [0.29, 0.717) is 23.0 Å². The summed E-state index contributed by atoms with van der Waals surface area (Å²) in [5, 5.41) is 1.83. The number of carbonyl (C=O) groups is 2. The molecule has 35 heavy (non-hydrogen) atoms. The summed E-state index contributed by atoms with van der Waals surface area (Å²) in [7, 11) is 1.57. The van der Waals surface area contributed by atoms with Gasteiger partial charge in [0.25, 0.3) is 11.1 Å². The molecular formula is C28H22N2O4S. The molecule has 1 fully saturated rings. The molecule has 7 heteroatoms. The average Bonchev–Trinajstić information content (AvgIpc) is 3.15. The lowest BCUT2D eigenvalue weighted by atomic mass is 10.0. The number of methoxy groups -OCH3 is 1. The second kappa shape index (κ2) is 10.0. The highest BCUT2D eigenvalue weighted by Gasteiger charge is 2.35. The van der Waals surface area contributed by atoms with Crippen LogP contribution in [-0.4, -0.2) is 28.1 Å². The molecule has 6 nitrogen and oxygen atoms in total. The molecule has 1 aliphatic heterocycles. The lowest BCUT2D eigenvalue weighted by Gasteiger charge is -2.14. The fraction of sp³-hybridized carbons (Fsp3) is 0.107. The zero-order chi connectivity index (χ0) is 24.2. The highest BCUT2D eigenvalue weighted by atomic mass is 32.2. The number of hydrogen-bond acceptors (Lipinski definition) is 6. The van der Waals surface area contributed by atoms with E-state index in [2.05, 4.69) is 4.98 Å². The summed E-state index contributed by atoms with van der Waals surface area (Å²) in [6, 6.07) is 23.1. The predicted molar refractivity (Wildman–Crippen MR) is 137 cm³/mol. The van der Waals surface area contributed by atoms with Crippen LogP contribution < -0.4 is 9.47 Å². The van der Waals surface area contributed by atoms with Crippen LogP contribution in [0.1, 0.15) is 16.7 Å². The minimum Gasteiger partial charge on any atom is -0.493 e. The Morgan fingerprint density at radius 2 is 1.74 bits per heavy atom. The van der Waals surface area contributed by atoms with Gasteiger partial charge in [0.1, 0.15) is 6.61 Å². The summed E-state index contributed by atoms with van der Waals surface area (Å²) in [6.45, 7) is 0.611. The third-order valence-electron chi connectivity index (χ3n) is 5.71. The summed E-state index contributed by atoms with van der Waals surface area (Å²) in [6.07, 6.45) is 5.14. The highest BCUT2D eigenvalue weighted by Crippen LogP contribution is 2.36. The van der Waals surface area contributed by atoms with Crippen LogP contribution >= 0.6 is 11.8 Å². The van der Waals surface area contributed by atoms with E-state index in [0.717, 1.165) is 39.2 Å². The quantitative estimate of drug-likeness (QED) is 0.298. The van der Waals surface area contributed by atoms with Crippen molar-refractivity contribution in [2.75, 3.05) is 7.11 Å². The van der Waals surface area contributed by atoms with E-state index in [4.69, 9.17) is 9.47 Å². The van der Waals surface area contributed by atoms with E-state index >= 15 is 0 Å². The lowest BCUT2D eigenvalue weighted by molar-refractivity contribution is -0.123. The topological polar surface area (TPSA) is 68.7 Å². The first kappa shape index (κ1) is 22.7. The van der Waals surface area contributed by atoms with Crippen molar-refractivity contribution < 1.29 is 19.1 Å². The van der Waals surface area contributed by atoms with E-state index in [-0.39, 0.29) is 17.7 Å². The molecule has 4 aromatic rings. The van der Waals surface area contributed by atoms with Gasteiger partial charge in [-0.05, 0) is 69.6 Å². The summed E-state index contributed by atoms with van der Waals surface area (Å²) in [5.74, 6) is 0.832. The first-order valence-electron chi connectivity index (χ1n) is 11.0. The second-order valence-corrected chi connectivity index (χ2v) is 8.95. The second-order valence-electron chi connectivity index (χ2n) is 7.96. The van der Waals surface area contributed by atoms with Gasteiger partial charge in [-0.3, -0.25) is 19.5 Å². The summed E-state index contributed by atoms with van der Waals surface area (Å²) in [5.41, 5.74) is 2.67. The maximum Gasteiger partial charge on any atom is 0.293 e. The van der Waals surface area contributed by atoms with Crippen LogP contribution in [0.4, 0.5) is 4.79 Å². The number of fused-ring (bicyclic) bond motifs is 1. The molecule has 1 aromatic heterocycles. The third-order valence-corrected chi connectivity index (χ3v) is 6.62. The number of benzene rings is 3. The zero-order valence-electron chi connectivity index (χ0n) is 19.0. The fourth-order valence-electron chi connectivity index (χ4n) is 3.92. The van der Waals surface area contributed by atoms with E-state index in [1.165, 1.54) is 4.90 Å². The van der Waals surface area contributed by atoms with Gasteiger partial charge in [-0.25, -0.2) is 0 Å². The van der Waals surface area contributed by atoms with Crippen molar-refractivity contribution in [1.29, 1.82) is 0 Å². The van der Waals surface area contributed by atoms with Crippen molar-refractivity contribution in [3.8, 4) is 11.5 Å². The van der Waals surface area contributed by atoms with Crippen LogP contribution in [0.2, 0.25) is 0 Å². The van der Waals surface area contributed by atoms with Crippen LogP contribution in [0.25, 0.3) is 16.8 Å². The molecule has 2 amide bonds. The fourth-order valence-corrected chi connectivity index (χ4v) is 4.76. The monoisotopic (exact) mass is 482 g/mol. The first-order valence-corrected chi connectivity index (χ1v) is 11.9. The Hall–Kier alpha value is -4.10. The molecule has 1 aliphatic rings. The Morgan fingerprint density at radius 3 is 2.57 bits per heavy atom. The first-order chi connectivity index (χ1) is 17.1. The van der Waals surface area contributed by atoms with Gasteiger partial charge in [-0.15, -0.1) is 0 Å². The van der Waals surface area contributed by atoms with Gasteiger partial charge in [0.05, 0.1) is 18.6 Å². The number of ether oxygens (including phenoxy) is 2.